The van der Waals surface area contributed by atoms with Crippen molar-refractivity contribution in [1.29, 1.82) is 0 Å². The van der Waals surface area contributed by atoms with Crippen molar-refractivity contribution in [2.45, 2.75) is 84.7 Å². The van der Waals surface area contributed by atoms with Crippen LogP contribution in [0.25, 0.3) is 0 Å². The van der Waals surface area contributed by atoms with E-state index in [9.17, 15) is 14.4 Å². The number of carbonyl (C=O) groups is 3. The highest BCUT2D eigenvalue weighted by Gasteiger charge is 2.35. The first-order valence-corrected chi connectivity index (χ1v) is 14.1. The molecule has 0 saturated heterocycles. The number of hydrogen-bond acceptors (Lipinski definition) is 6. The fraction of sp³-hybridized carbons (Fsp3) is 0.438. The Morgan fingerprint density at radius 3 is 2.17 bits per heavy atom. The van der Waals surface area contributed by atoms with Gasteiger partial charge in [-0.05, 0) is 74.9 Å². The maximum atomic E-state index is 14.0. The van der Waals surface area contributed by atoms with Gasteiger partial charge in [0.05, 0.1) is 7.11 Å². The lowest BCUT2D eigenvalue weighted by molar-refractivity contribution is -0.128. The molecule has 0 aliphatic rings. The molecule has 0 aliphatic heterocycles. The Hall–Kier alpha value is -4.14. The fourth-order valence-corrected chi connectivity index (χ4v) is 4.30. The van der Waals surface area contributed by atoms with Crippen LogP contribution in [-0.2, 0) is 14.4 Å². The van der Waals surface area contributed by atoms with E-state index in [1.165, 1.54) is 4.90 Å². The van der Waals surface area contributed by atoms with E-state index in [-0.39, 0.29) is 36.4 Å². The van der Waals surface area contributed by atoms with E-state index >= 15 is 0 Å². The van der Waals surface area contributed by atoms with E-state index in [1.807, 2.05) is 45.0 Å². The molecule has 0 bridgehead atoms. The molecule has 9 nitrogen and oxygen atoms in total. The Labute approximate surface area is 242 Å². The largest absolute Gasteiger partial charge is 0.497 e. The number of aromatic nitrogens is 1. The van der Waals surface area contributed by atoms with Crippen LogP contribution in [0.15, 0.2) is 59.1 Å². The Morgan fingerprint density at radius 1 is 1.00 bits per heavy atom. The van der Waals surface area contributed by atoms with Crippen LogP contribution < -0.4 is 20.3 Å². The molecule has 2 atom stereocenters. The smallest absolute Gasteiger partial charge is 0.248 e. The van der Waals surface area contributed by atoms with Crippen LogP contribution in [0.4, 0.5) is 11.5 Å². The lowest BCUT2D eigenvalue weighted by Crippen LogP contribution is -2.50. The van der Waals surface area contributed by atoms with Crippen molar-refractivity contribution in [1.82, 2.24) is 10.5 Å². The highest BCUT2D eigenvalue weighted by molar-refractivity contribution is 6.03. The quantitative estimate of drug-likeness (QED) is 0.253. The molecule has 0 spiro atoms. The number of nitrogens with zero attached hydrogens (tertiary/aromatic N) is 2. The van der Waals surface area contributed by atoms with Crippen molar-refractivity contribution in [3.8, 4) is 5.75 Å². The number of methoxy groups -OCH3 is 1. The summed E-state index contributed by atoms with van der Waals surface area (Å²) >= 11 is 0. The van der Waals surface area contributed by atoms with Crippen LogP contribution in [0, 0.1) is 6.92 Å². The first-order chi connectivity index (χ1) is 19.5. The summed E-state index contributed by atoms with van der Waals surface area (Å²) < 4.78 is 10.3. The summed E-state index contributed by atoms with van der Waals surface area (Å²) in [5, 5.41) is 9.54. The Bertz CT molecular complexity index is 1310. The molecule has 2 aromatic carbocycles. The number of hydrogen-bond donors (Lipinski definition) is 2. The molecule has 220 valence electrons. The third-order valence-electron chi connectivity index (χ3n) is 7.37. The number of ether oxygens (including phenoxy) is 1. The van der Waals surface area contributed by atoms with E-state index in [2.05, 4.69) is 29.6 Å². The summed E-state index contributed by atoms with van der Waals surface area (Å²) in [5.41, 5.74) is 1.84. The van der Waals surface area contributed by atoms with Gasteiger partial charge >= 0.3 is 0 Å². The molecule has 1 aromatic heterocycles. The fourth-order valence-electron chi connectivity index (χ4n) is 4.30. The van der Waals surface area contributed by atoms with Crippen LogP contribution in [0.3, 0.4) is 0 Å². The Morgan fingerprint density at radius 2 is 1.63 bits per heavy atom. The van der Waals surface area contributed by atoms with Crippen molar-refractivity contribution < 1.29 is 23.6 Å². The number of benzene rings is 2. The second kappa shape index (κ2) is 14.0. The van der Waals surface area contributed by atoms with Gasteiger partial charge in [-0.1, -0.05) is 50.2 Å². The molecule has 3 amide bonds. The molecule has 0 unspecified atom stereocenters. The minimum atomic E-state index is -0.977. The topological polar surface area (TPSA) is 114 Å². The monoisotopic (exact) mass is 562 g/mol. The minimum Gasteiger partial charge on any atom is -0.497 e. The SMILES string of the molecule is CC[C@@H](C)c1ccc(N(C(=O)CCC(=O)Nc2cc(C)on2)[C@H](C(=O)NC(C)(C)CC)c2ccc(OC)cc2)cc1. The molecule has 9 heteroatoms. The highest BCUT2D eigenvalue weighted by atomic mass is 16.5. The van der Waals surface area contributed by atoms with E-state index in [4.69, 9.17) is 9.26 Å². The van der Waals surface area contributed by atoms with Crippen molar-refractivity contribution in [2.24, 2.45) is 0 Å². The maximum Gasteiger partial charge on any atom is 0.248 e. The van der Waals surface area contributed by atoms with E-state index in [0.717, 1.165) is 12.0 Å². The highest BCUT2D eigenvalue weighted by Crippen LogP contribution is 2.32. The number of nitrogens with one attached hydrogen (secondary N) is 2. The molecule has 0 aliphatic carbocycles. The third kappa shape index (κ3) is 8.42. The van der Waals surface area contributed by atoms with Gasteiger partial charge in [-0.25, -0.2) is 0 Å². The number of amides is 3. The predicted molar refractivity (Wildman–Crippen MR) is 160 cm³/mol. The van der Waals surface area contributed by atoms with Gasteiger partial charge in [-0.15, -0.1) is 0 Å². The average Bonchev–Trinajstić information content (AvgIpc) is 3.38. The summed E-state index contributed by atoms with van der Waals surface area (Å²) in [4.78, 5) is 42.1. The molecule has 41 heavy (non-hydrogen) atoms. The zero-order chi connectivity index (χ0) is 30.2. The van der Waals surface area contributed by atoms with E-state index in [0.29, 0.717) is 35.1 Å². The van der Waals surface area contributed by atoms with Crippen LogP contribution >= 0.6 is 0 Å². The standard InChI is InChI=1S/C32H42N4O5/c1-8-21(3)23-10-14-25(15-11-23)36(29(38)19-18-28(37)33-27-20-22(4)41-35-27)30(31(39)34-32(5,6)9-2)24-12-16-26(40-7)17-13-24/h10-17,20-21,30H,8-9,18-19H2,1-7H3,(H,34,39)(H,33,35,37)/t21-,30+/m1/s1. The van der Waals surface area contributed by atoms with E-state index < -0.39 is 11.6 Å². The molecular formula is C32H42N4O5. The summed E-state index contributed by atoms with van der Waals surface area (Å²) in [6.07, 6.45) is 1.47. The first kappa shape index (κ1) is 31.4. The second-order valence-corrected chi connectivity index (χ2v) is 10.9. The predicted octanol–water partition coefficient (Wildman–Crippen LogP) is 6.30. The molecular weight excluding hydrogens is 520 g/mol. The van der Waals surface area contributed by atoms with Gasteiger partial charge in [-0.3, -0.25) is 19.3 Å². The molecule has 0 radical (unpaired) electrons. The lowest BCUT2D eigenvalue weighted by Gasteiger charge is -2.35. The van der Waals surface area contributed by atoms with Crippen LogP contribution in [0.5, 0.6) is 5.75 Å². The molecule has 2 N–H and O–H groups in total. The maximum absolute atomic E-state index is 14.0. The third-order valence-corrected chi connectivity index (χ3v) is 7.37. The molecule has 1 heterocycles. The van der Waals surface area contributed by atoms with Crippen molar-refractivity contribution in [2.75, 3.05) is 17.3 Å². The van der Waals surface area contributed by atoms with Crippen LogP contribution in [-0.4, -0.2) is 35.5 Å². The average molecular weight is 563 g/mol. The Balaban J connectivity index is 2.01. The molecule has 3 rings (SSSR count). The number of anilines is 2. The number of carbonyl (C=O) groups excluding carboxylic acids is 3. The van der Waals surface area contributed by atoms with Gasteiger partial charge in [0.25, 0.3) is 0 Å². The summed E-state index contributed by atoms with van der Waals surface area (Å²) in [5.74, 6) is 0.778. The van der Waals surface area contributed by atoms with Crippen LogP contribution in [0.1, 0.15) is 89.1 Å². The number of rotatable bonds is 13. The summed E-state index contributed by atoms with van der Waals surface area (Å²) in [6.45, 7) is 11.9. The van der Waals surface area contributed by atoms with Gasteiger partial charge in [0.15, 0.2) is 5.82 Å². The second-order valence-electron chi connectivity index (χ2n) is 10.9. The van der Waals surface area contributed by atoms with Gasteiger partial charge in [0.1, 0.15) is 17.6 Å². The molecule has 3 aromatic rings. The van der Waals surface area contributed by atoms with Crippen molar-refractivity contribution in [3.05, 3.63) is 71.5 Å². The zero-order valence-corrected chi connectivity index (χ0v) is 25.1. The van der Waals surface area contributed by atoms with Crippen molar-refractivity contribution in [3.63, 3.8) is 0 Å². The normalized spacial score (nSPS) is 12.8. The molecule has 0 fully saturated rings. The molecule has 0 saturated carbocycles. The number of aryl methyl sites for hydroxylation is 1. The van der Waals surface area contributed by atoms with E-state index in [1.54, 1.807) is 44.4 Å². The summed E-state index contributed by atoms with van der Waals surface area (Å²) in [6, 6.07) is 15.4. The Kier molecular flexibility index (Phi) is 10.7. The van der Waals surface area contributed by atoms with Gasteiger partial charge < -0.3 is 19.9 Å². The lowest BCUT2D eigenvalue weighted by atomic mass is 9.96. The first-order valence-electron chi connectivity index (χ1n) is 14.1. The zero-order valence-electron chi connectivity index (χ0n) is 25.1. The summed E-state index contributed by atoms with van der Waals surface area (Å²) in [7, 11) is 1.57. The minimum absolute atomic E-state index is 0.0937. The van der Waals surface area contributed by atoms with Crippen molar-refractivity contribution >= 4 is 29.2 Å². The van der Waals surface area contributed by atoms with Gasteiger partial charge in [0, 0.05) is 30.1 Å². The van der Waals surface area contributed by atoms with Gasteiger partial charge in [-0.2, -0.15) is 0 Å². The van der Waals surface area contributed by atoms with Gasteiger partial charge in [0.2, 0.25) is 17.7 Å². The van der Waals surface area contributed by atoms with Crippen LogP contribution in [0.2, 0.25) is 0 Å².